The second kappa shape index (κ2) is 9.32. The molecule has 0 amide bonds. The van der Waals surface area contributed by atoms with Gasteiger partial charge in [-0.1, -0.05) is 43.7 Å². The Morgan fingerprint density at radius 3 is 2.80 bits per heavy atom. The Kier molecular flexibility index (Phi) is 6.84. The number of ether oxygens (including phenoxy) is 1. The van der Waals surface area contributed by atoms with Crippen LogP contribution in [0.2, 0.25) is 0 Å². The minimum atomic E-state index is 0.0835. The van der Waals surface area contributed by atoms with Gasteiger partial charge >= 0.3 is 0 Å². The Labute approximate surface area is 159 Å². The average molecular weight is 375 g/mol. The fraction of sp³-hybridized carbons (Fsp3) is 0.450. The van der Waals surface area contributed by atoms with Gasteiger partial charge in [0.1, 0.15) is 0 Å². The molecule has 2 aromatic rings. The summed E-state index contributed by atoms with van der Waals surface area (Å²) >= 11 is 7.28. The van der Waals surface area contributed by atoms with Gasteiger partial charge < -0.3 is 15.4 Å². The van der Waals surface area contributed by atoms with Crippen LogP contribution in [0.5, 0.6) is 0 Å². The highest BCUT2D eigenvalue weighted by Crippen LogP contribution is 2.26. The first-order valence-corrected chi connectivity index (χ1v) is 10.3. The maximum Gasteiger partial charge on any atom is 0.167 e. The first-order valence-electron chi connectivity index (χ1n) is 9.04. The summed E-state index contributed by atoms with van der Waals surface area (Å²) in [5.74, 6) is 0. The molecule has 1 fully saturated rings. The standard InChI is InChI=1S/C20H26N2OS2/c1-2-5-15-8-10-16(11-9-15)19(18-7-4-13-25-18)22-20(24)21-14-17-6-3-12-23-17/h4,7-11,13,17,19H,2-3,5-6,12,14H2,1H3,(H2,21,22,24)/t17-,19+/m1/s1. The normalized spacial score (nSPS) is 18.0. The van der Waals surface area contributed by atoms with E-state index >= 15 is 0 Å². The van der Waals surface area contributed by atoms with Crippen LogP contribution in [-0.2, 0) is 11.2 Å². The molecule has 134 valence electrons. The van der Waals surface area contributed by atoms with Crippen LogP contribution in [0.1, 0.15) is 48.2 Å². The molecule has 5 heteroatoms. The van der Waals surface area contributed by atoms with Crippen molar-refractivity contribution in [3.05, 3.63) is 57.8 Å². The maximum atomic E-state index is 5.65. The molecule has 2 heterocycles. The van der Waals surface area contributed by atoms with E-state index in [1.54, 1.807) is 11.3 Å². The minimum absolute atomic E-state index is 0.0835. The predicted molar refractivity (Wildman–Crippen MR) is 109 cm³/mol. The molecular weight excluding hydrogens is 348 g/mol. The summed E-state index contributed by atoms with van der Waals surface area (Å²) < 4.78 is 5.65. The van der Waals surface area contributed by atoms with Crippen LogP contribution in [0.3, 0.4) is 0 Å². The maximum absolute atomic E-state index is 5.65. The fourth-order valence-electron chi connectivity index (χ4n) is 3.13. The van der Waals surface area contributed by atoms with E-state index < -0.39 is 0 Å². The lowest BCUT2D eigenvalue weighted by molar-refractivity contribution is 0.114. The third kappa shape index (κ3) is 5.27. The van der Waals surface area contributed by atoms with Crippen LogP contribution in [0.15, 0.2) is 41.8 Å². The van der Waals surface area contributed by atoms with Crippen molar-refractivity contribution in [3.8, 4) is 0 Å². The van der Waals surface area contributed by atoms with Gasteiger partial charge in [0.25, 0.3) is 0 Å². The minimum Gasteiger partial charge on any atom is -0.376 e. The van der Waals surface area contributed by atoms with Crippen molar-refractivity contribution in [3.63, 3.8) is 0 Å². The lowest BCUT2D eigenvalue weighted by Crippen LogP contribution is -2.41. The first-order chi connectivity index (χ1) is 12.3. The first kappa shape index (κ1) is 18.4. The second-order valence-electron chi connectivity index (χ2n) is 6.43. The van der Waals surface area contributed by atoms with Crippen LogP contribution in [0.4, 0.5) is 0 Å². The number of thiocarbonyl (C=S) groups is 1. The predicted octanol–water partition coefficient (Wildman–Crippen LogP) is 4.43. The Morgan fingerprint density at radius 2 is 2.16 bits per heavy atom. The molecule has 3 nitrogen and oxygen atoms in total. The molecule has 25 heavy (non-hydrogen) atoms. The lowest BCUT2D eigenvalue weighted by atomic mass is 10.0. The molecule has 1 aromatic heterocycles. The van der Waals surface area contributed by atoms with E-state index in [0.29, 0.717) is 5.11 Å². The molecule has 1 saturated heterocycles. The van der Waals surface area contributed by atoms with E-state index in [1.807, 2.05) is 0 Å². The van der Waals surface area contributed by atoms with Gasteiger partial charge in [0.15, 0.2) is 5.11 Å². The van der Waals surface area contributed by atoms with E-state index in [0.717, 1.165) is 32.4 Å². The molecule has 0 bridgehead atoms. The van der Waals surface area contributed by atoms with Crippen LogP contribution in [0.25, 0.3) is 0 Å². The molecule has 0 radical (unpaired) electrons. The summed E-state index contributed by atoms with van der Waals surface area (Å²) in [5.41, 5.74) is 2.62. The molecule has 3 rings (SSSR count). The molecule has 1 aromatic carbocycles. The third-order valence-electron chi connectivity index (χ3n) is 4.47. The third-order valence-corrected chi connectivity index (χ3v) is 5.67. The molecule has 1 aliphatic heterocycles. The molecule has 0 spiro atoms. The second-order valence-corrected chi connectivity index (χ2v) is 7.82. The molecule has 1 aliphatic rings. The van der Waals surface area contributed by atoms with Crippen LogP contribution >= 0.6 is 23.6 Å². The van der Waals surface area contributed by atoms with Crippen LogP contribution < -0.4 is 10.6 Å². The molecular formula is C20H26N2OS2. The quantitative estimate of drug-likeness (QED) is 0.702. The van der Waals surface area contributed by atoms with Gasteiger partial charge in [0.05, 0.1) is 12.1 Å². The zero-order chi connectivity index (χ0) is 17.5. The fourth-order valence-corrected chi connectivity index (χ4v) is 4.14. The number of aryl methyl sites for hydroxylation is 1. The Hall–Kier alpha value is -1.43. The molecule has 0 unspecified atom stereocenters. The molecule has 0 aliphatic carbocycles. The van der Waals surface area contributed by atoms with Crippen molar-refractivity contribution < 1.29 is 4.74 Å². The number of rotatable bonds is 7. The number of hydrogen-bond donors (Lipinski definition) is 2. The summed E-state index contributed by atoms with van der Waals surface area (Å²) in [6.45, 7) is 3.86. The summed E-state index contributed by atoms with van der Waals surface area (Å²) in [5, 5.41) is 9.60. The van der Waals surface area contributed by atoms with Gasteiger partial charge in [-0.2, -0.15) is 0 Å². The number of nitrogens with one attached hydrogen (secondary N) is 2. The monoisotopic (exact) mass is 374 g/mol. The lowest BCUT2D eigenvalue weighted by Gasteiger charge is -2.21. The summed E-state index contributed by atoms with van der Waals surface area (Å²) in [6.07, 6.45) is 4.84. The van der Waals surface area contributed by atoms with E-state index in [4.69, 9.17) is 17.0 Å². The van der Waals surface area contributed by atoms with Crippen molar-refractivity contribution in [2.45, 2.75) is 44.8 Å². The highest BCUT2D eigenvalue weighted by Gasteiger charge is 2.18. The van der Waals surface area contributed by atoms with Crippen molar-refractivity contribution in [1.82, 2.24) is 10.6 Å². The SMILES string of the molecule is CCCc1ccc([C@H](NC(=S)NC[C@H]2CCCO2)c2cccs2)cc1. The zero-order valence-electron chi connectivity index (χ0n) is 14.7. The highest BCUT2D eigenvalue weighted by molar-refractivity contribution is 7.80. The van der Waals surface area contributed by atoms with Gasteiger partial charge in [0, 0.05) is 18.0 Å². The van der Waals surface area contributed by atoms with Gasteiger partial charge in [-0.3, -0.25) is 0 Å². The van der Waals surface area contributed by atoms with Gasteiger partial charge in [0.2, 0.25) is 0 Å². The van der Waals surface area contributed by atoms with Crippen molar-refractivity contribution in [2.24, 2.45) is 0 Å². The van der Waals surface area contributed by atoms with Crippen molar-refractivity contribution >= 4 is 28.7 Å². The summed E-state index contributed by atoms with van der Waals surface area (Å²) in [6, 6.07) is 13.2. The molecule has 2 N–H and O–H groups in total. The summed E-state index contributed by atoms with van der Waals surface area (Å²) in [4.78, 5) is 1.27. The van der Waals surface area contributed by atoms with Crippen molar-refractivity contribution in [2.75, 3.05) is 13.2 Å². The van der Waals surface area contributed by atoms with E-state index in [1.165, 1.54) is 22.4 Å². The number of benzene rings is 1. The van der Waals surface area contributed by atoms with Crippen molar-refractivity contribution in [1.29, 1.82) is 0 Å². The van der Waals surface area contributed by atoms with E-state index in [9.17, 15) is 0 Å². The van der Waals surface area contributed by atoms with Crippen LogP contribution in [0, 0.1) is 0 Å². The molecule has 2 atom stereocenters. The number of thiophene rings is 1. The topological polar surface area (TPSA) is 33.3 Å². The van der Waals surface area contributed by atoms with Gasteiger partial charge in [-0.15, -0.1) is 11.3 Å². The van der Waals surface area contributed by atoms with Gasteiger partial charge in [-0.25, -0.2) is 0 Å². The Bertz CT molecular complexity index is 649. The van der Waals surface area contributed by atoms with Gasteiger partial charge in [-0.05, 0) is 54.1 Å². The average Bonchev–Trinajstić information content (AvgIpc) is 3.33. The summed E-state index contributed by atoms with van der Waals surface area (Å²) in [7, 11) is 0. The van der Waals surface area contributed by atoms with E-state index in [2.05, 4.69) is 59.3 Å². The largest absolute Gasteiger partial charge is 0.376 e. The Morgan fingerprint density at radius 1 is 1.32 bits per heavy atom. The van der Waals surface area contributed by atoms with E-state index in [-0.39, 0.29) is 12.1 Å². The smallest absolute Gasteiger partial charge is 0.167 e. The highest BCUT2D eigenvalue weighted by atomic mass is 32.1. The number of hydrogen-bond acceptors (Lipinski definition) is 3. The van der Waals surface area contributed by atoms with Crippen LogP contribution in [-0.4, -0.2) is 24.4 Å². The zero-order valence-corrected chi connectivity index (χ0v) is 16.3. The Balaban J connectivity index is 1.66. The molecule has 0 saturated carbocycles.